The van der Waals surface area contributed by atoms with E-state index in [1.54, 1.807) is 24.3 Å². The molecule has 0 bridgehead atoms. The van der Waals surface area contributed by atoms with Gasteiger partial charge in [-0.15, -0.1) is 0 Å². The quantitative estimate of drug-likeness (QED) is 0.413. The molecular formula is C28H31F3N4O. The van der Waals surface area contributed by atoms with E-state index < -0.39 is 18.3 Å². The Morgan fingerprint density at radius 3 is 2.47 bits per heavy atom. The number of anilines is 1. The number of aromatic nitrogens is 2. The van der Waals surface area contributed by atoms with E-state index in [4.69, 9.17) is 0 Å². The zero-order chi connectivity index (χ0) is 25.5. The summed E-state index contributed by atoms with van der Waals surface area (Å²) in [6, 6.07) is 15.1. The number of nitrogens with one attached hydrogen (secondary N) is 1. The first kappa shape index (κ1) is 24.6. The summed E-state index contributed by atoms with van der Waals surface area (Å²) in [6.45, 7) is 6.57. The highest BCUT2D eigenvalue weighted by atomic mass is 19.4. The van der Waals surface area contributed by atoms with Gasteiger partial charge in [0.05, 0.1) is 17.8 Å². The number of nitrogens with zero attached hydrogens (tertiary/aromatic N) is 3. The Morgan fingerprint density at radius 2 is 1.75 bits per heavy atom. The summed E-state index contributed by atoms with van der Waals surface area (Å²) in [5.41, 5.74) is 3.30. The highest BCUT2D eigenvalue weighted by Gasteiger charge is 2.47. The number of benzene rings is 2. The predicted molar refractivity (Wildman–Crippen MR) is 133 cm³/mol. The lowest BCUT2D eigenvalue weighted by atomic mass is 9.84. The molecular weight excluding hydrogens is 465 g/mol. The number of alkyl halides is 3. The van der Waals surface area contributed by atoms with Gasteiger partial charge in [-0.05, 0) is 28.5 Å². The number of carbonyl (C=O) groups is 1. The number of ketones is 1. The van der Waals surface area contributed by atoms with Crippen molar-refractivity contribution in [2.24, 2.45) is 5.41 Å². The van der Waals surface area contributed by atoms with Crippen molar-refractivity contribution in [2.45, 2.75) is 57.9 Å². The van der Waals surface area contributed by atoms with Crippen molar-refractivity contribution >= 4 is 11.6 Å². The van der Waals surface area contributed by atoms with E-state index >= 15 is 0 Å². The van der Waals surface area contributed by atoms with Crippen LogP contribution in [0, 0.1) is 5.41 Å². The molecule has 36 heavy (non-hydrogen) atoms. The van der Waals surface area contributed by atoms with Gasteiger partial charge in [0.1, 0.15) is 5.82 Å². The zero-order valence-electron chi connectivity index (χ0n) is 20.6. The Morgan fingerprint density at radius 1 is 1.06 bits per heavy atom. The maximum atomic E-state index is 14.0. The highest BCUT2D eigenvalue weighted by molar-refractivity contribution is 6.00. The fourth-order valence-corrected chi connectivity index (χ4v) is 5.55. The summed E-state index contributed by atoms with van der Waals surface area (Å²) < 4.78 is 42.9. The van der Waals surface area contributed by atoms with Crippen molar-refractivity contribution in [3.63, 3.8) is 0 Å². The molecule has 0 saturated heterocycles. The van der Waals surface area contributed by atoms with Crippen LogP contribution < -0.4 is 5.32 Å². The van der Waals surface area contributed by atoms with Crippen molar-refractivity contribution in [3.8, 4) is 0 Å². The molecule has 1 N–H and O–H groups in total. The van der Waals surface area contributed by atoms with Crippen LogP contribution in [0.5, 0.6) is 0 Å². The fourth-order valence-electron chi connectivity index (χ4n) is 5.55. The first-order chi connectivity index (χ1) is 17.1. The molecule has 3 heterocycles. The largest absolute Gasteiger partial charge is 0.410 e. The number of rotatable bonds is 6. The van der Waals surface area contributed by atoms with Crippen molar-refractivity contribution in [2.75, 3.05) is 18.4 Å². The van der Waals surface area contributed by atoms with E-state index in [0.717, 1.165) is 36.3 Å². The first-order valence-corrected chi connectivity index (χ1v) is 12.4. The summed E-state index contributed by atoms with van der Waals surface area (Å²) in [7, 11) is 0. The topological polar surface area (TPSA) is 50.2 Å². The molecule has 2 aliphatic rings. The summed E-state index contributed by atoms with van der Waals surface area (Å²) in [5.74, 6) is -0.0362. The van der Waals surface area contributed by atoms with Gasteiger partial charge in [-0.2, -0.15) is 18.3 Å². The SMILES string of the molecule is CC(C)(CC(=O)c1cnn2c1N[C@@H](c1ccccc1)C[C@H]2C(F)(F)F)CN1CCc2ccccc2C1. The van der Waals surface area contributed by atoms with Crippen LogP contribution in [-0.2, 0) is 13.0 Å². The van der Waals surface area contributed by atoms with Crippen LogP contribution in [-0.4, -0.2) is 39.7 Å². The number of fused-ring (bicyclic) bond motifs is 2. The summed E-state index contributed by atoms with van der Waals surface area (Å²) >= 11 is 0. The lowest BCUT2D eigenvalue weighted by Crippen LogP contribution is -2.39. The maximum absolute atomic E-state index is 14.0. The van der Waals surface area contributed by atoms with E-state index in [0.29, 0.717) is 0 Å². The maximum Gasteiger partial charge on any atom is 0.410 e. The standard InChI is InChI=1S/C28H31F3N4O/c1-27(2,18-34-13-12-19-8-6-7-11-21(19)17-34)15-24(36)22-16-32-35-25(28(29,30)31)14-23(33-26(22)35)20-9-4-3-5-10-20/h3-11,16,23,25,33H,12-15,17-18H2,1-2H3/t23-,25+/m1/s1. The van der Waals surface area contributed by atoms with Crippen molar-refractivity contribution in [3.05, 3.63) is 83.0 Å². The number of hydrogen-bond acceptors (Lipinski definition) is 4. The van der Waals surface area contributed by atoms with Crippen molar-refractivity contribution in [1.82, 2.24) is 14.7 Å². The molecule has 0 aliphatic carbocycles. The van der Waals surface area contributed by atoms with Gasteiger partial charge in [-0.3, -0.25) is 9.69 Å². The van der Waals surface area contributed by atoms with Gasteiger partial charge in [0, 0.05) is 32.5 Å². The summed E-state index contributed by atoms with van der Waals surface area (Å²) in [6.07, 6.45) is -2.17. The lowest BCUT2D eigenvalue weighted by Gasteiger charge is -2.36. The minimum Gasteiger partial charge on any atom is -0.363 e. The molecule has 0 spiro atoms. The van der Waals surface area contributed by atoms with Crippen LogP contribution in [0.3, 0.4) is 0 Å². The van der Waals surface area contributed by atoms with Gasteiger partial charge in [-0.1, -0.05) is 68.4 Å². The van der Waals surface area contributed by atoms with Crippen LogP contribution in [0.15, 0.2) is 60.8 Å². The van der Waals surface area contributed by atoms with Gasteiger partial charge in [0.2, 0.25) is 0 Å². The molecule has 0 amide bonds. The molecule has 0 fully saturated rings. The van der Waals surface area contributed by atoms with Crippen LogP contribution in [0.2, 0.25) is 0 Å². The third kappa shape index (κ3) is 5.05. The summed E-state index contributed by atoms with van der Waals surface area (Å²) in [5, 5.41) is 7.22. The predicted octanol–water partition coefficient (Wildman–Crippen LogP) is 6.20. The second-order valence-corrected chi connectivity index (χ2v) is 10.7. The molecule has 2 aliphatic heterocycles. The van der Waals surface area contributed by atoms with E-state index in [1.165, 1.54) is 17.3 Å². The van der Waals surface area contributed by atoms with E-state index in [1.807, 2.05) is 26.0 Å². The normalized spacial score (nSPS) is 20.4. The number of Topliss-reactive ketones (excluding diaryl/α,β-unsaturated/α-hetero) is 1. The minimum atomic E-state index is -4.47. The molecule has 2 atom stereocenters. The third-order valence-corrected chi connectivity index (χ3v) is 7.24. The second kappa shape index (κ2) is 9.39. The Balaban J connectivity index is 1.34. The van der Waals surface area contributed by atoms with Crippen LogP contribution in [0.1, 0.15) is 65.8 Å². The molecule has 2 aromatic carbocycles. The van der Waals surface area contributed by atoms with E-state index in [9.17, 15) is 18.0 Å². The molecule has 1 aromatic heterocycles. The average Bonchev–Trinajstić information content (AvgIpc) is 3.27. The van der Waals surface area contributed by atoms with Crippen molar-refractivity contribution in [1.29, 1.82) is 0 Å². The number of hydrogen-bond donors (Lipinski definition) is 1. The number of halogens is 3. The lowest BCUT2D eigenvalue weighted by molar-refractivity contribution is -0.173. The Bertz CT molecular complexity index is 1240. The molecule has 0 radical (unpaired) electrons. The Kier molecular flexibility index (Phi) is 6.41. The smallest absolute Gasteiger partial charge is 0.363 e. The molecule has 5 rings (SSSR count). The molecule has 190 valence electrons. The van der Waals surface area contributed by atoms with Crippen LogP contribution in [0.4, 0.5) is 19.0 Å². The van der Waals surface area contributed by atoms with Gasteiger partial charge < -0.3 is 5.32 Å². The fraction of sp³-hybridized carbons (Fsp3) is 0.429. The van der Waals surface area contributed by atoms with Gasteiger partial charge in [0.25, 0.3) is 0 Å². The molecule has 0 saturated carbocycles. The summed E-state index contributed by atoms with van der Waals surface area (Å²) in [4.78, 5) is 15.8. The zero-order valence-corrected chi connectivity index (χ0v) is 20.6. The highest BCUT2D eigenvalue weighted by Crippen LogP contribution is 2.44. The number of carbonyl (C=O) groups excluding carboxylic acids is 1. The minimum absolute atomic E-state index is 0.158. The average molecular weight is 497 g/mol. The van der Waals surface area contributed by atoms with Gasteiger partial charge in [0.15, 0.2) is 11.8 Å². The monoisotopic (exact) mass is 496 g/mol. The van der Waals surface area contributed by atoms with Gasteiger partial charge in [-0.25, -0.2) is 4.68 Å². The van der Waals surface area contributed by atoms with Crippen molar-refractivity contribution < 1.29 is 18.0 Å². The Hall–Kier alpha value is -3.13. The van der Waals surface area contributed by atoms with E-state index in [2.05, 4.69) is 33.5 Å². The van der Waals surface area contributed by atoms with Crippen LogP contribution in [0.25, 0.3) is 0 Å². The third-order valence-electron chi connectivity index (χ3n) is 7.24. The molecule has 8 heteroatoms. The van der Waals surface area contributed by atoms with Gasteiger partial charge >= 0.3 is 6.18 Å². The molecule has 5 nitrogen and oxygen atoms in total. The Labute approximate surface area is 209 Å². The first-order valence-electron chi connectivity index (χ1n) is 12.4. The van der Waals surface area contributed by atoms with E-state index in [-0.39, 0.29) is 35.4 Å². The molecule has 3 aromatic rings. The van der Waals surface area contributed by atoms with Crippen LogP contribution >= 0.6 is 0 Å². The second-order valence-electron chi connectivity index (χ2n) is 10.7. The molecule has 0 unspecified atom stereocenters.